The summed E-state index contributed by atoms with van der Waals surface area (Å²) in [7, 11) is 0. The van der Waals surface area contributed by atoms with Gasteiger partial charge in [-0.3, -0.25) is 4.79 Å². The van der Waals surface area contributed by atoms with E-state index in [1.807, 2.05) is 12.1 Å². The van der Waals surface area contributed by atoms with Gasteiger partial charge in [0.25, 0.3) is 0 Å². The Morgan fingerprint density at radius 2 is 2.29 bits per heavy atom. The fourth-order valence-corrected chi connectivity index (χ4v) is 2.27. The molecule has 0 aromatic heterocycles. The molecule has 2 aliphatic rings. The minimum Gasteiger partial charge on any atom is -0.490 e. The number of hydrogen-bond donors (Lipinski definition) is 0. The second-order valence-corrected chi connectivity index (χ2v) is 3.73. The number of nitrogens with zero attached hydrogens (tertiary/aromatic N) is 1. The number of rotatable bonds is 1. The molecule has 1 aromatic rings. The summed E-state index contributed by atoms with van der Waals surface area (Å²) in [6.07, 6.45) is 1.92. The van der Waals surface area contributed by atoms with E-state index in [9.17, 15) is 4.79 Å². The van der Waals surface area contributed by atoms with Crippen LogP contribution in [0.5, 0.6) is 5.75 Å². The third kappa shape index (κ3) is 0.953. The second kappa shape index (κ2) is 2.74. The third-order valence-corrected chi connectivity index (χ3v) is 2.90. The minimum atomic E-state index is 0.725. The van der Waals surface area contributed by atoms with Gasteiger partial charge in [-0.1, -0.05) is 0 Å². The van der Waals surface area contributed by atoms with Crippen molar-refractivity contribution in [2.45, 2.75) is 6.42 Å². The van der Waals surface area contributed by atoms with Crippen LogP contribution in [-0.2, 0) is 6.42 Å². The lowest BCUT2D eigenvalue weighted by molar-refractivity contribution is 0.112. The monoisotopic (exact) mass is 189 g/mol. The molecule has 2 aliphatic heterocycles. The summed E-state index contributed by atoms with van der Waals surface area (Å²) >= 11 is 0. The normalized spacial score (nSPS) is 17.6. The molecule has 0 atom stereocenters. The molecular weight excluding hydrogens is 178 g/mol. The summed E-state index contributed by atoms with van der Waals surface area (Å²) in [4.78, 5) is 13.0. The number of hydrogen-bond acceptors (Lipinski definition) is 3. The van der Waals surface area contributed by atoms with Gasteiger partial charge < -0.3 is 9.64 Å². The lowest BCUT2D eigenvalue weighted by Gasteiger charge is -2.27. The Kier molecular flexibility index (Phi) is 1.54. The van der Waals surface area contributed by atoms with Gasteiger partial charge in [-0.15, -0.1) is 0 Å². The van der Waals surface area contributed by atoms with Crippen molar-refractivity contribution in [1.82, 2.24) is 0 Å². The fraction of sp³-hybridized carbons (Fsp3) is 0.364. The Hall–Kier alpha value is -1.51. The van der Waals surface area contributed by atoms with Gasteiger partial charge in [0.15, 0.2) is 0 Å². The van der Waals surface area contributed by atoms with E-state index in [0.29, 0.717) is 0 Å². The van der Waals surface area contributed by atoms with Crippen LogP contribution in [0.15, 0.2) is 12.1 Å². The minimum absolute atomic E-state index is 0.725. The van der Waals surface area contributed by atoms with Gasteiger partial charge in [-0.05, 0) is 24.1 Å². The zero-order valence-corrected chi connectivity index (χ0v) is 7.82. The quantitative estimate of drug-likeness (QED) is 0.623. The zero-order valence-electron chi connectivity index (χ0n) is 7.82. The molecule has 3 heteroatoms. The zero-order chi connectivity index (χ0) is 9.54. The Morgan fingerprint density at radius 3 is 3.14 bits per heavy atom. The first kappa shape index (κ1) is 7.85. The SMILES string of the molecule is O=Cc1cc2c3c(c1)OCCN3CC2. The number of carbonyl (C=O) groups excluding carboxylic acids is 1. The fourth-order valence-electron chi connectivity index (χ4n) is 2.27. The van der Waals surface area contributed by atoms with Crippen LogP contribution in [0.2, 0.25) is 0 Å². The van der Waals surface area contributed by atoms with Crippen molar-refractivity contribution < 1.29 is 9.53 Å². The summed E-state index contributed by atoms with van der Waals surface area (Å²) in [6, 6.07) is 3.81. The number of benzene rings is 1. The molecule has 0 unspecified atom stereocenters. The van der Waals surface area contributed by atoms with Crippen molar-refractivity contribution >= 4 is 12.0 Å². The van der Waals surface area contributed by atoms with Gasteiger partial charge in [0.05, 0.1) is 12.2 Å². The number of aldehydes is 1. The Morgan fingerprint density at radius 1 is 1.36 bits per heavy atom. The van der Waals surface area contributed by atoms with Gasteiger partial charge in [-0.25, -0.2) is 0 Å². The van der Waals surface area contributed by atoms with Crippen LogP contribution >= 0.6 is 0 Å². The van der Waals surface area contributed by atoms with Crippen molar-refractivity contribution in [2.75, 3.05) is 24.6 Å². The van der Waals surface area contributed by atoms with E-state index < -0.39 is 0 Å². The average molecular weight is 189 g/mol. The Labute approximate surface area is 82.3 Å². The molecule has 72 valence electrons. The molecule has 0 saturated heterocycles. The predicted molar refractivity (Wildman–Crippen MR) is 53.2 cm³/mol. The van der Waals surface area contributed by atoms with E-state index >= 15 is 0 Å². The highest BCUT2D eigenvalue weighted by atomic mass is 16.5. The van der Waals surface area contributed by atoms with Crippen molar-refractivity contribution in [3.63, 3.8) is 0 Å². The maximum absolute atomic E-state index is 10.7. The Bertz CT molecular complexity index is 401. The molecule has 0 saturated carbocycles. The smallest absolute Gasteiger partial charge is 0.150 e. The first-order valence-corrected chi connectivity index (χ1v) is 4.88. The van der Waals surface area contributed by atoms with Gasteiger partial charge in [-0.2, -0.15) is 0 Å². The molecule has 0 bridgehead atoms. The summed E-state index contributed by atoms with van der Waals surface area (Å²) < 4.78 is 5.56. The third-order valence-electron chi connectivity index (χ3n) is 2.90. The number of carbonyl (C=O) groups is 1. The average Bonchev–Trinajstić information content (AvgIpc) is 2.64. The van der Waals surface area contributed by atoms with Gasteiger partial charge >= 0.3 is 0 Å². The highest BCUT2D eigenvalue weighted by Crippen LogP contribution is 2.40. The first-order chi connectivity index (χ1) is 6.88. The van der Waals surface area contributed by atoms with Crippen molar-refractivity contribution in [1.29, 1.82) is 0 Å². The van der Waals surface area contributed by atoms with Crippen molar-refractivity contribution in [2.24, 2.45) is 0 Å². The molecule has 0 spiro atoms. The Balaban J connectivity index is 2.21. The molecule has 3 rings (SSSR count). The molecule has 0 N–H and O–H groups in total. The van der Waals surface area contributed by atoms with Crippen LogP contribution in [0.3, 0.4) is 0 Å². The van der Waals surface area contributed by atoms with Crippen LogP contribution in [-0.4, -0.2) is 26.0 Å². The van der Waals surface area contributed by atoms with E-state index in [4.69, 9.17) is 4.74 Å². The van der Waals surface area contributed by atoms with Crippen molar-refractivity contribution in [3.8, 4) is 5.75 Å². The number of ether oxygens (including phenoxy) is 1. The summed E-state index contributed by atoms with van der Waals surface area (Å²) in [6.45, 7) is 2.77. The van der Waals surface area contributed by atoms with Gasteiger partial charge in [0, 0.05) is 12.1 Å². The first-order valence-electron chi connectivity index (χ1n) is 4.88. The molecule has 0 radical (unpaired) electrons. The topological polar surface area (TPSA) is 29.5 Å². The molecule has 0 aliphatic carbocycles. The van der Waals surface area contributed by atoms with Gasteiger partial charge in [0.1, 0.15) is 18.6 Å². The van der Waals surface area contributed by atoms with Crippen LogP contribution in [0.25, 0.3) is 0 Å². The lowest BCUT2D eigenvalue weighted by Crippen LogP contribution is -2.30. The van der Waals surface area contributed by atoms with E-state index in [-0.39, 0.29) is 0 Å². The maximum atomic E-state index is 10.7. The van der Waals surface area contributed by atoms with E-state index in [1.165, 1.54) is 11.3 Å². The molecule has 0 fully saturated rings. The molecule has 3 nitrogen and oxygen atoms in total. The predicted octanol–water partition coefficient (Wildman–Crippen LogP) is 1.25. The molecule has 1 aromatic carbocycles. The van der Waals surface area contributed by atoms with Crippen LogP contribution in [0.1, 0.15) is 15.9 Å². The second-order valence-electron chi connectivity index (χ2n) is 3.73. The largest absolute Gasteiger partial charge is 0.490 e. The molecule has 0 amide bonds. The highest BCUT2D eigenvalue weighted by Gasteiger charge is 2.27. The summed E-state index contributed by atoms with van der Waals surface area (Å²) in [5.74, 6) is 0.883. The van der Waals surface area contributed by atoms with Crippen LogP contribution in [0.4, 0.5) is 5.69 Å². The molecule has 2 heterocycles. The summed E-state index contributed by atoms with van der Waals surface area (Å²) in [5.41, 5.74) is 3.19. The van der Waals surface area contributed by atoms with Gasteiger partial charge in [0.2, 0.25) is 0 Å². The van der Waals surface area contributed by atoms with E-state index in [0.717, 1.165) is 43.7 Å². The van der Waals surface area contributed by atoms with Crippen molar-refractivity contribution in [3.05, 3.63) is 23.3 Å². The highest BCUT2D eigenvalue weighted by molar-refractivity contribution is 5.81. The molecule has 14 heavy (non-hydrogen) atoms. The van der Waals surface area contributed by atoms with E-state index in [2.05, 4.69) is 4.90 Å². The van der Waals surface area contributed by atoms with Crippen LogP contribution in [0, 0.1) is 0 Å². The summed E-state index contributed by atoms with van der Waals surface area (Å²) in [5, 5.41) is 0. The maximum Gasteiger partial charge on any atom is 0.150 e. The number of anilines is 1. The van der Waals surface area contributed by atoms with Crippen LogP contribution < -0.4 is 9.64 Å². The van der Waals surface area contributed by atoms with E-state index in [1.54, 1.807) is 0 Å². The molecular formula is C11H11NO2. The lowest BCUT2D eigenvalue weighted by atomic mass is 10.1. The standard InChI is InChI=1S/C11H11NO2/c13-7-8-5-9-1-2-12-3-4-14-10(6-8)11(9)12/h5-7H,1-4H2.